The fourth-order valence-electron chi connectivity index (χ4n) is 3.54. The third-order valence-corrected chi connectivity index (χ3v) is 5.02. The lowest BCUT2D eigenvalue weighted by Gasteiger charge is -2.42. The monoisotopic (exact) mass is 353 g/mol. The average Bonchev–Trinajstić information content (AvgIpc) is 2.74. The van der Waals surface area contributed by atoms with Gasteiger partial charge in [0, 0.05) is 5.69 Å². The number of rotatable bonds is 3. The van der Waals surface area contributed by atoms with Crippen LogP contribution in [0.1, 0.15) is 46.2 Å². The fraction of sp³-hybridized carbons (Fsp3) is 0.130. The van der Waals surface area contributed by atoms with Gasteiger partial charge >= 0.3 is 0 Å². The minimum atomic E-state index is -0.310. The van der Waals surface area contributed by atoms with Crippen LogP contribution in [0.3, 0.4) is 0 Å². The van der Waals surface area contributed by atoms with Crippen LogP contribution in [-0.4, -0.2) is 10.8 Å². The van der Waals surface area contributed by atoms with E-state index in [-0.39, 0.29) is 18.1 Å². The van der Waals surface area contributed by atoms with Crippen molar-refractivity contribution in [2.45, 2.75) is 19.1 Å². The normalized spacial score (nSPS) is 16.8. The van der Waals surface area contributed by atoms with Crippen LogP contribution in [0.15, 0.2) is 78.9 Å². The highest BCUT2D eigenvalue weighted by Crippen LogP contribution is 2.38. The van der Waals surface area contributed by atoms with Crippen molar-refractivity contribution in [3.05, 3.63) is 101 Å². The molecular weight excluding hydrogens is 334 g/mol. The lowest BCUT2D eigenvalue weighted by molar-refractivity contribution is 0.0596. The van der Waals surface area contributed by atoms with Gasteiger partial charge in [0.2, 0.25) is 0 Å². The summed E-state index contributed by atoms with van der Waals surface area (Å²) < 4.78 is 0. The Morgan fingerprint density at radius 2 is 1.63 bits per heavy atom. The van der Waals surface area contributed by atoms with E-state index in [1.54, 1.807) is 12.1 Å². The predicted molar refractivity (Wildman–Crippen MR) is 105 cm³/mol. The molecule has 1 amide bonds. The molecular formula is C23H19N3O. The molecule has 0 unspecified atom stereocenters. The molecule has 0 saturated heterocycles. The third kappa shape index (κ3) is 3.04. The van der Waals surface area contributed by atoms with Crippen molar-refractivity contribution in [2.24, 2.45) is 0 Å². The fourth-order valence-corrected chi connectivity index (χ4v) is 3.54. The number of hydrogen-bond acceptors (Lipinski definition) is 3. The summed E-state index contributed by atoms with van der Waals surface area (Å²) in [5, 5.41) is 12.6. The summed E-state index contributed by atoms with van der Waals surface area (Å²) in [6.45, 7) is 2.04. The first-order chi connectivity index (χ1) is 13.2. The Hall–Kier alpha value is -3.58. The minimum absolute atomic E-state index is 0.00457. The van der Waals surface area contributed by atoms with Crippen LogP contribution >= 0.6 is 0 Å². The Labute approximate surface area is 158 Å². The molecule has 3 aromatic carbocycles. The molecule has 0 saturated carbocycles. The van der Waals surface area contributed by atoms with E-state index in [1.165, 1.54) is 0 Å². The second-order valence-electron chi connectivity index (χ2n) is 6.63. The van der Waals surface area contributed by atoms with Gasteiger partial charge in [-0.05, 0) is 42.3 Å². The molecule has 0 bridgehead atoms. The lowest BCUT2D eigenvalue weighted by Crippen LogP contribution is -2.44. The molecule has 0 radical (unpaired) electrons. The van der Waals surface area contributed by atoms with Crippen molar-refractivity contribution < 1.29 is 4.79 Å². The summed E-state index contributed by atoms with van der Waals surface area (Å²) in [5.41, 5.74) is 4.12. The maximum Gasteiger partial charge on any atom is 0.258 e. The van der Waals surface area contributed by atoms with Gasteiger partial charge in [0.1, 0.15) is 6.17 Å². The van der Waals surface area contributed by atoms with E-state index in [9.17, 15) is 4.79 Å². The Bertz CT molecular complexity index is 1010. The standard InChI is InChI=1S/C23H19N3O/c1-16(18-7-3-2-4-8-18)26-22(19-13-11-17(15-24)12-14-19)25-21-10-6-5-9-20(21)23(26)27/h2-14,16,22,25H,1H3/t16-,22-/m0/s1. The summed E-state index contributed by atoms with van der Waals surface area (Å²) in [7, 11) is 0. The molecule has 1 heterocycles. The maximum absolute atomic E-state index is 13.4. The SMILES string of the molecule is C[C@@H](c1ccccc1)N1C(=O)c2ccccc2N[C@@H]1c1ccc(C#N)cc1. The van der Waals surface area contributed by atoms with E-state index in [2.05, 4.69) is 11.4 Å². The molecule has 27 heavy (non-hydrogen) atoms. The number of benzene rings is 3. The molecule has 4 rings (SSSR count). The number of nitriles is 1. The van der Waals surface area contributed by atoms with Gasteiger partial charge < -0.3 is 10.2 Å². The number of nitrogens with one attached hydrogen (secondary N) is 1. The van der Waals surface area contributed by atoms with Gasteiger partial charge in [-0.25, -0.2) is 0 Å². The number of nitrogens with zero attached hydrogens (tertiary/aromatic N) is 2. The number of hydrogen-bond donors (Lipinski definition) is 1. The van der Waals surface area contributed by atoms with Crippen molar-refractivity contribution in [3.8, 4) is 6.07 Å². The van der Waals surface area contributed by atoms with Crippen LogP contribution in [0, 0.1) is 11.3 Å². The molecule has 4 nitrogen and oxygen atoms in total. The molecule has 1 aliphatic heterocycles. The van der Waals surface area contributed by atoms with Crippen LogP contribution in [0.5, 0.6) is 0 Å². The van der Waals surface area contributed by atoms with E-state index >= 15 is 0 Å². The zero-order valence-corrected chi connectivity index (χ0v) is 15.0. The molecule has 0 fully saturated rings. The number of carbonyl (C=O) groups excluding carboxylic acids is 1. The molecule has 1 aliphatic rings. The first-order valence-electron chi connectivity index (χ1n) is 8.92. The quantitative estimate of drug-likeness (QED) is 0.730. The highest BCUT2D eigenvalue weighted by molar-refractivity contribution is 6.02. The van der Waals surface area contributed by atoms with Gasteiger partial charge in [-0.1, -0.05) is 54.6 Å². The molecule has 2 atom stereocenters. The Morgan fingerprint density at radius 1 is 0.963 bits per heavy atom. The summed E-state index contributed by atoms with van der Waals surface area (Å²) >= 11 is 0. The first-order valence-corrected chi connectivity index (χ1v) is 8.92. The van der Waals surface area contributed by atoms with Gasteiger partial charge in [-0.3, -0.25) is 4.79 Å². The predicted octanol–water partition coefficient (Wildman–Crippen LogP) is 4.89. The minimum Gasteiger partial charge on any atom is -0.361 e. The van der Waals surface area contributed by atoms with Crippen LogP contribution < -0.4 is 5.32 Å². The topological polar surface area (TPSA) is 56.1 Å². The van der Waals surface area contributed by atoms with Crippen molar-refractivity contribution in [3.63, 3.8) is 0 Å². The number of carbonyl (C=O) groups is 1. The molecule has 4 heteroatoms. The molecule has 1 N–H and O–H groups in total. The zero-order valence-electron chi connectivity index (χ0n) is 15.0. The number of amides is 1. The van der Waals surface area contributed by atoms with Gasteiger partial charge in [0.15, 0.2) is 0 Å². The molecule has 3 aromatic rings. The highest BCUT2D eigenvalue weighted by Gasteiger charge is 2.36. The average molecular weight is 353 g/mol. The number of fused-ring (bicyclic) bond motifs is 1. The van der Waals surface area contributed by atoms with Gasteiger partial charge in [0.25, 0.3) is 5.91 Å². The summed E-state index contributed by atoms with van der Waals surface area (Å²) in [4.78, 5) is 15.2. The van der Waals surface area contributed by atoms with E-state index in [0.29, 0.717) is 11.1 Å². The van der Waals surface area contributed by atoms with E-state index in [0.717, 1.165) is 16.8 Å². The summed E-state index contributed by atoms with van der Waals surface area (Å²) in [6.07, 6.45) is -0.310. The van der Waals surface area contributed by atoms with Gasteiger partial charge in [-0.15, -0.1) is 0 Å². The van der Waals surface area contributed by atoms with E-state index in [1.807, 2.05) is 78.6 Å². The highest BCUT2D eigenvalue weighted by atomic mass is 16.2. The second kappa shape index (κ2) is 6.97. The van der Waals surface area contributed by atoms with Crippen LogP contribution in [-0.2, 0) is 0 Å². The second-order valence-corrected chi connectivity index (χ2v) is 6.63. The Kier molecular flexibility index (Phi) is 4.35. The Morgan fingerprint density at radius 3 is 2.33 bits per heavy atom. The summed E-state index contributed by atoms with van der Waals surface area (Å²) in [5.74, 6) is -0.00457. The molecule has 0 spiro atoms. The maximum atomic E-state index is 13.4. The van der Waals surface area contributed by atoms with E-state index in [4.69, 9.17) is 5.26 Å². The first kappa shape index (κ1) is 16.9. The van der Waals surface area contributed by atoms with Crippen molar-refractivity contribution in [1.82, 2.24) is 4.90 Å². The van der Waals surface area contributed by atoms with Crippen molar-refractivity contribution in [2.75, 3.05) is 5.32 Å². The van der Waals surface area contributed by atoms with Crippen LogP contribution in [0.2, 0.25) is 0 Å². The smallest absolute Gasteiger partial charge is 0.258 e. The number of anilines is 1. The van der Waals surface area contributed by atoms with Crippen molar-refractivity contribution in [1.29, 1.82) is 5.26 Å². The van der Waals surface area contributed by atoms with Gasteiger partial charge in [0.05, 0.1) is 23.2 Å². The zero-order chi connectivity index (χ0) is 18.8. The van der Waals surface area contributed by atoms with Crippen LogP contribution in [0.25, 0.3) is 0 Å². The van der Waals surface area contributed by atoms with E-state index < -0.39 is 0 Å². The largest absolute Gasteiger partial charge is 0.361 e. The molecule has 0 aromatic heterocycles. The molecule has 0 aliphatic carbocycles. The summed E-state index contributed by atoms with van der Waals surface area (Å²) in [6, 6.07) is 27.0. The van der Waals surface area contributed by atoms with Crippen molar-refractivity contribution >= 4 is 11.6 Å². The van der Waals surface area contributed by atoms with Crippen LogP contribution in [0.4, 0.5) is 5.69 Å². The Balaban J connectivity index is 1.80. The van der Waals surface area contributed by atoms with Gasteiger partial charge in [-0.2, -0.15) is 5.26 Å². The number of para-hydroxylation sites is 1. The lowest BCUT2D eigenvalue weighted by atomic mass is 9.98. The molecule has 132 valence electrons. The third-order valence-electron chi connectivity index (χ3n) is 5.02.